The second-order valence-electron chi connectivity index (χ2n) is 3.22. The number of rotatable bonds is 3. The molecule has 1 atom stereocenters. The van der Waals surface area contributed by atoms with E-state index in [1.165, 1.54) is 5.56 Å². The maximum Gasteiger partial charge on any atom is 0.248 e. The van der Waals surface area contributed by atoms with Crippen molar-refractivity contribution < 1.29 is 9.53 Å². The molecule has 0 bridgehead atoms. The molecule has 3 heteroatoms. The summed E-state index contributed by atoms with van der Waals surface area (Å²) in [5.74, 6) is -0.380. The molecule has 0 radical (unpaired) electrons. The molecule has 1 heterocycles. The van der Waals surface area contributed by atoms with Gasteiger partial charge in [0.25, 0.3) is 0 Å². The lowest BCUT2D eigenvalue weighted by Crippen LogP contribution is -2.10. The molecule has 68 valence electrons. The standard InChI is InChI=1S/C10H11NO2/c11-10(12)8-3-1-7(2-4-8)5-9-6-13-9/h1-4,9H,5-6H2,(H2,11,12). The molecule has 0 spiro atoms. The summed E-state index contributed by atoms with van der Waals surface area (Å²) in [4.78, 5) is 10.7. The minimum absolute atomic E-state index is 0.380. The number of amides is 1. The molecule has 2 N–H and O–H groups in total. The van der Waals surface area contributed by atoms with Crippen LogP contribution in [-0.2, 0) is 11.2 Å². The van der Waals surface area contributed by atoms with Crippen molar-refractivity contribution in [1.29, 1.82) is 0 Å². The second-order valence-corrected chi connectivity index (χ2v) is 3.22. The lowest BCUT2D eigenvalue weighted by molar-refractivity contribution is 0.100. The zero-order chi connectivity index (χ0) is 9.26. The number of carbonyl (C=O) groups excluding carboxylic acids is 1. The minimum atomic E-state index is -0.380. The fourth-order valence-corrected chi connectivity index (χ4v) is 1.25. The van der Waals surface area contributed by atoms with Crippen LogP contribution < -0.4 is 5.73 Å². The number of ether oxygens (including phenoxy) is 1. The van der Waals surface area contributed by atoms with Crippen molar-refractivity contribution >= 4 is 5.91 Å². The molecule has 1 aromatic carbocycles. The molecule has 1 aliphatic heterocycles. The molecule has 13 heavy (non-hydrogen) atoms. The van der Waals surface area contributed by atoms with E-state index < -0.39 is 0 Å². The zero-order valence-electron chi connectivity index (χ0n) is 7.19. The summed E-state index contributed by atoms with van der Waals surface area (Å²) < 4.78 is 5.10. The van der Waals surface area contributed by atoms with E-state index in [-0.39, 0.29) is 5.91 Å². The summed E-state index contributed by atoms with van der Waals surface area (Å²) in [5.41, 5.74) is 6.86. The monoisotopic (exact) mass is 177 g/mol. The Balaban J connectivity index is 2.08. The van der Waals surface area contributed by atoms with E-state index in [0.717, 1.165) is 13.0 Å². The third-order valence-corrected chi connectivity index (χ3v) is 2.10. The molecule has 1 aliphatic rings. The highest BCUT2D eigenvalue weighted by atomic mass is 16.6. The van der Waals surface area contributed by atoms with Gasteiger partial charge in [0.05, 0.1) is 12.7 Å². The van der Waals surface area contributed by atoms with Gasteiger partial charge >= 0.3 is 0 Å². The summed E-state index contributed by atoms with van der Waals surface area (Å²) in [6.07, 6.45) is 1.32. The fraction of sp³-hybridized carbons (Fsp3) is 0.300. The van der Waals surface area contributed by atoms with Gasteiger partial charge in [-0.15, -0.1) is 0 Å². The highest BCUT2D eigenvalue weighted by molar-refractivity contribution is 5.92. The van der Waals surface area contributed by atoms with Crippen LogP contribution in [0.2, 0.25) is 0 Å². The number of benzene rings is 1. The first kappa shape index (κ1) is 8.26. The number of hydrogen-bond donors (Lipinski definition) is 1. The van der Waals surface area contributed by atoms with Crippen molar-refractivity contribution in [2.75, 3.05) is 6.61 Å². The van der Waals surface area contributed by atoms with E-state index in [9.17, 15) is 4.79 Å². The second kappa shape index (κ2) is 3.18. The van der Waals surface area contributed by atoms with Crippen LogP contribution in [0.1, 0.15) is 15.9 Å². The first-order valence-electron chi connectivity index (χ1n) is 4.26. The van der Waals surface area contributed by atoms with Crippen molar-refractivity contribution in [3.05, 3.63) is 35.4 Å². The van der Waals surface area contributed by atoms with Gasteiger partial charge in [-0.3, -0.25) is 4.79 Å². The van der Waals surface area contributed by atoms with Gasteiger partial charge in [0.2, 0.25) is 5.91 Å². The third-order valence-electron chi connectivity index (χ3n) is 2.10. The molecule has 0 aromatic heterocycles. The summed E-state index contributed by atoms with van der Waals surface area (Å²) in [6, 6.07) is 7.34. The summed E-state index contributed by atoms with van der Waals surface area (Å²) in [7, 11) is 0. The van der Waals surface area contributed by atoms with Crippen molar-refractivity contribution in [3.8, 4) is 0 Å². The van der Waals surface area contributed by atoms with Crippen LogP contribution in [0, 0.1) is 0 Å². The molecular formula is C10H11NO2. The van der Waals surface area contributed by atoms with Gasteiger partial charge < -0.3 is 10.5 Å². The largest absolute Gasteiger partial charge is 0.373 e. The third kappa shape index (κ3) is 2.06. The summed E-state index contributed by atoms with van der Waals surface area (Å²) in [6.45, 7) is 0.859. The van der Waals surface area contributed by atoms with E-state index in [1.54, 1.807) is 12.1 Å². The molecule has 3 nitrogen and oxygen atoms in total. The molecule has 1 amide bonds. The normalized spacial score (nSPS) is 19.8. The molecule has 1 unspecified atom stereocenters. The highest BCUT2D eigenvalue weighted by Crippen LogP contribution is 2.16. The van der Waals surface area contributed by atoms with Crippen LogP contribution in [0.25, 0.3) is 0 Å². The predicted octanol–water partition coefficient (Wildman–Crippen LogP) is 0.727. The minimum Gasteiger partial charge on any atom is -0.373 e. The van der Waals surface area contributed by atoms with Crippen LogP contribution in [0.4, 0.5) is 0 Å². The molecule has 0 aliphatic carbocycles. The maximum absolute atomic E-state index is 10.7. The molecule has 2 rings (SSSR count). The van der Waals surface area contributed by atoms with Crippen molar-refractivity contribution in [2.45, 2.75) is 12.5 Å². The Hall–Kier alpha value is -1.35. The molecular weight excluding hydrogens is 166 g/mol. The fourth-order valence-electron chi connectivity index (χ4n) is 1.25. The van der Waals surface area contributed by atoms with Crippen LogP contribution in [0.3, 0.4) is 0 Å². The van der Waals surface area contributed by atoms with Gasteiger partial charge in [0.1, 0.15) is 0 Å². The molecule has 0 saturated carbocycles. The van der Waals surface area contributed by atoms with Crippen molar-refractivity contribution in [1.82, 2.24) is 0 Å². The molecule has 1 aromatic rings. The highest BCUT2D eigenvalue weighted by Gasteiger charge is 2.22. The van der Waals surface area contributed by atoms with Crippen molar-refractivity contribution in [3.63, 3.8) is 0 Å². The van der Waals surface area contributed by atoms with Crippen LogP contribution >= 0.6 is 0 Å². The lowest BCUT2D eigenvalue weighted by atomic mass is 10.1. The van der Waals surface area contributed by atoms with Gasteiger partial charge in [-0.1, -0.05) is 12.1 Å². The number of epoxide rings is 1. The Kier molecular flexibility index (Phi) is 2.02. The number of hydrogen-bond acceptors (Lipinski definition) is 2. The van der Waals surface area contributed by atoms with Crippen molar-refractivity contribution in [2.24, 2.45) is 5.73 Å². The van der Waals surface area contributed by atoms with E-state index in [1.807, 2.05) is 12.1 Å². The number of nitrogens with two attached hydrogens (primary N) is 1. The Morgan fingerprint density at radius 3 is 2.54 bits per heavy atom. The van der Waals surface area contributed by atoms with E-state index in [0.29, 0.717) is 11.7 Å². The summed E-state index contributed by atoms with van der Waals surface area (Å²) >= 11 is 0. The predicted molar refractivity (Wildman–Crippen MR) is 48.4 cm³/mol. The summed E-state index contributed by atoms with van der Waals surface area (Å²) in [5, 5.41) is 0. The van der Waals surface area contributed by atoms with E-state index in [4.69, 9.17) is 10.5 Å². The average molecular weight is 177 g/mol. The van der Waals surface area contributed by atoms with Crippen LogP contribution in [0.15, 0.2) is 24.3 Å². The molecule has 1 fully saturated rings. The average Bonchev–Trinajstić information content (AvgIpc) is 2.89. The van der Waals surface area contributed by atoms with Gasteiger partial charge in [0.15, 0.2) is 0 Å². The van der Waals surface area contributed by atoms with E-state index in [2.05, 4.69) is 0 Å². The van der Waals surface area contributed by atoms with Gasteiger partial charge in [-0.2, -0.15) is 0 Å². The van der Waals surface area contributed by atoms with Crippen LogP contribution in [-0.4, -0.2) is 18.6 Å². The van der Waals surface area contributed by atoms with Gasteiger partial charge in [-0.05, 0) is 17.7 Å². The Bertz CT molecular complexity index is 314. The maximum atomic E-state index is 10.7. The smallest absolute Gasteiger partial charge is 0.248 e. The first-order chi connectivity index (χ1) is 6.25. The number of primary amides is 1. The Morgan fingerprint density at radius 2 is 2.08 bits per heavy atom. The first-order valence-corrected chi connectivity index (χ1v) is 4.26. The quantitative estimate of drug-likeness (QED) is 0.692. The molecule has 1 saturated heterocycles. The zero-order valence-corrected chi connectivity index (χ0v) is 7.19. The Morgan fingerprint density at radius 1 is 1.46 bits per heavy atom. The SMILES string of the molecule is NC(=O)c1ccc(CC2CO2)cc1. The topological polar surface area (TPSA) is 55.6 Å². The van der Waals surface area contributed by atoms with Gasteiger partial charge in [-0.25, -0.2) is 0 Å². The van der Waals surface area contributed by atoms with Gasteiger partial charge in [0, 0.05) is 12.0 Å². The van der Waals surface area contributed by atoms with E-state index >= 15 is 0 Å². The number of carbonyl (C=O) groups is 1. The Labute approximate surface area is 76.5 Å². The lowest BCUT2D eigenvalue weighted by Gasteiger charge is -1.98. The van der Waals surface area contributed by atoms with Crippen LogP contribution in [0.5, 0.6) is 0 Å².